The lowest BCUT2D eigenvalue weighted by Gasteiger charge is -2.45. The average molecular weight is 578 g/mol. The number of fused-ring (bicyclic) bond motifs is 1. The van der Waals surface area contributed by atoms with E-state index >= 15 is 0 Å². The molecule has 0 aliphatic carbocycles. The van der Waals surface area contributed by atoms with E-state index in [9.17, 15) is 9.59 Å². The molecule has 1 aromatic rings. The van der Waals surface area contributed by atoms with Gasteiger partial charge in [0.1, 0.15) is 29.9 Å². The molecule has 7 nitrogen and oxygen atoms in total. The van der Waals surface area contributed by atoms with E-state index in [1.54, 1.807) is 24.3 Å². The number of carbonyl (C=O) groups is 2. The number of imide groups is 1. The summed E-state index contributed by atoms with van der Waals surface area (Å²) in [5, 5.41) is 0. The Kier molecular flexibility index (Phi) is 15.0. The maximum atomic E-state index is 13.2. The van der Waals surface area contributed by atoms with Crippen molar-refractivity contribution < 1.29 is 28.5 Å². The molecule has 5 atom stereocenters. The normalized spacial score (nSPS) is 24.6. The first-order valence-corrected chi connectivity index (χ1v) is 16.2. The molecule has 0 N–H and O–H groups in total. The fraction of sp³-hybridized carbons (Fsp3) is 0.750. The van der Waals surface area contributed by atoms with Crippen molar-refractivity contribution in [3.63, 3.8) is 0 Å². The lowest BCUT2D eigenvalue weighted by Crippen LogP contribution is -2.61. The summed E-state index contributed by atoms with van der Waals surface area (Å²) in [7, 11) is 0. The van der Waals surface area contributed by atoms with Crippen LogP contribution in [0, 0.1) is 0 Å². The van der Waals surface area contributed by atoms with Gasteiger partial charge in [-0.25, -0.2) is 0 Å². The molecule has 1 fully saturated rings. The molecule has 2 aliphatic rings. The fourth-order valence-corrected chi connectivity index (χ4v) is 5.85. The molecular weight excluding hydrogens is 526 g/mol. The van der Waals surface area contributed by atoms with Crippen LogP contribution in [-0.2, 0) is 18.9 Å². The Morgan fingerprint density at radius 1 is 0.675 bits per heavy atom. The zero-order valence-corrected chi connectivity index (χ0v) is 25.7. The predicted molar refractivity (Wildman–Crippen MR) is 161 cm³/mol. The first-order valence-electron chi connectivity index (χ1n) is 15.7. The lowest BCUT2D eigenvalue weighted by molar-refractivity contribution is -0.239. The van der Waals surface area contributed by atoms with E-state index in [4.69, 9.17) is 31.6 Å². The van der Waals surface area contributed by atoms with Crippen molar-refractivity contribution in [2.75, 3.05) is 26.4 Å². The number of nitrogens with zero attached hydrogens (tertiary/aromatic N) is 1. The highest BCUT2D eigenvalue weighted by molar-refractivity contribution is 7.80. The molecule has 2 amide bonds. The monoisotopic (exact) mass is 577 g/mol. The average Bonchev–Trinajstić information content (AvgIpc) is 3.19. The molecule has 0 spiro atoms. The van der Waals surface area contributed by atoms with Crippen LogP contribution in [0.4, 0.5) is 0 Å². The van der Waals surface area contributed by atoms with Gasteiger partial charge in [0.05, 0.1) is 17.7 Å². The highest BCUT2D eigenvalue weighted by Crippen LogP contribution is 2.33. The SMILES string of the molecule is CCCCCCO[C@@H]1[C@@H](OCCCCCC)[C@H](S)O[C@H](CN2C(=O)c3ccccc3C2=O)[C@@H]1OCCCCCC. The van der Waals surface area contributed by atoms with Gasteiger partial charge in [-0.2, -0.15) is 0 Å². The van der Waals surface area contributed by atoms with E-state index in [1.165, 1.54) is 24.2 Å². The zero-order chi connectivity index (χ0) is 28.7. The van der Waals surface area contributed by atoms with Crippen molar-refractivity contribution >= 4 is 24.4 Å². The number of rotatable bonds is 20. The Bertz CT molecular complexity index is 863. The smallest absolute Gasteiger partial charge is 0.261 e. The molecule has 0 radical (unpaired) electrons. The van der Waals surface area contributed by atoms with Gasteiger partial charge in [0.15, 0.2) is 0 Å². The van der Waals surface area contributed by atoms with Gasteiger partial charge in [0, 0.05) is 19.8 Å². The highest BCUT2D eigenvalue weighted by Gasteiger charge is 2.49. The predicted octanol–water partition coefficient (Wildman–Crippen LogP) is 6.83. The van der Waals surface area contributed by atoms with Gasteiger partial charge in [0.2, 0.25) is 0 Å². The summed E-state index contributed by atoms with van der Waals surface area (Å²) >= 11 is 4.79. The molecule has 2 aliphatic heterocycles. The van der Waals surface area contributed by atoms with Crippen LogP contribution >= 0.6 is 12.6 Å². The third-order valence-corrected chi connectivity index (χ3v) is 8.19. The van der Waals surface area contributed by atoms with Crippen molar-refractivity contribution in [1.82, 2.24) is 4.90 Å². The van der Waals surface area contributed by atoms with E-state index in [1.807, 2.05) is 0 Å². The van der Waals surface area contributed by atoms with E-state index in [2.05, 4.69) is 20.8 Å². The Hall–Kier alpha value is -1.45. The topological polar surface area (TPSA) is 74.3 Å². The number of ether oxygens (including phenoxy) is 4. The maximum absolute atomic E-state index is 13.2. The van der Waals surface area contributed by atoms with Crippen LogP contribution in [0.25, 0.3) is 0 Å². The second-order valence-electron chi connectivity index (χ2n) is 11.0. The Morgan fingerprint density at radius 2 is 1.12 bits per heavy atom. The molecule has 0 unspecified atom stereocenters. The van der Waals surface area contributed by atoms with Gasteiger partial charge in [-0.15, -0.1) is 12.6 Å². The third kappa shape index (κ3) is 9.28. The fourth-order valence-electron chi connectivity index (χ4n) is 5.44. The molecule has 226 valence electrons. The zero-order valence-electron chi connectivity index (χ0n) is 24.9. The minimum Gasteiger partial charge on any atom is -0.373 e. The van der Waals surface area contributed by atoms with Gasteiger partial charge in [-0.3, -0.25) is 14.5 Å². The number of unbranched alkanes of at least 4 members (excludes halogenated alkanes) is 9. The van der Waals surface area contributed by atoms with Gasteiger partial charge in [-0.1, -0.05) is 90.7 Å². The van der Waals surface area contributed by atoms with Crippen LogP contribution < -0.4 is 0 Å². The Morgan fingerprint density at radius 3 is 1.60 bits per heavy atom. The number of carbonyl (C=O) groups excluding carboxylic acids is 2. The summed E-state index contributed by atoms with van der Waals surface area (Å²) in [5.74, 6) is -0.596. The van der Waals surface area contributed by atoms with Gasteiger partial charge < -0.3 is 18.9 Å². The number of benzene rings is 1. The molecule has 2 heterocycles. The molecule has 40 heavy (non-hydrogen) atoms. The van der Waals surface area contributed by atoms with Crippen LogP contribution in [0.1, 0.15) is 119 Å². The summed E-state index contributed by atoms with van der Waals surface area (Å²) in [6.07, 6.45) is 11.3. The quantitative estimate of drug-likeness (QED) is 0.104. The van der Waals surface area contributed by atoms with Crippen LogP contribution in [0.3, 0.4) is 0 Å². The molecule has 0 saturated carbocycles. The largest absolute Gasteiger partial charge is 0.373 e. The summed E-state index contributed by atoms with van der Waals surface area (Å²) in [6, 6.07) is 6.96. The van der Waals surface area contributed by atoms with Crippen LogP contribution in [-0.4, -0.2) is 72.9 Å². The third-order valence-electron chi connectivity index (χ3n) is 7.77. The first-order chi connectivity index (χ1) is 19.5. The van der Waals surface area contributed by atoms with E-state index in [-0.39, 0.29) is 18.4 Å². The number of amides is 2. The molecule has 0 aromatic heterocycles. The van der Waals surface area contributed by atoms with Crippen LogP contribution in [0.5, 0.6) is 0 Å². The van der Waals surface area contributed by atoms with Crippen molar-refractivity contribution in [3.05, 3.63) is 35.4 Å². The summed E-state index contributed by atoms with van der Waals surface area (Å²) in [6.45, 7) is 8.41. The van der Waals surface area contributed by atoms with Crippen molar-refractivity contribution in [3.8, 4) is 0 Å². The number of hydrogen-bond acceptors (Lipinski definition) is 7. The van der Waals surface area contributed by atoms with Crippen LogP contribution in [0.15, 0.2) is 24.3 Å². The molecule has 1 saturated heterocycles. The standard InChI is InChI=1S/C32H51NO6S/c1-4-7-10-15-20-36-27-26(23-33-30(34)24-18-13-14-19-25(24)31(33)35)39-32(40)29(38-22-17-12-9-6-3)28(27)37-21-16-11-8-5-2/h13-14,18-19,26-29,32,40H,4-12,15-17,20-23H2,1-3H3/t26-,27+,28+,29-,32+/m1/s1. The van der Waals surface area contributed by atoms with Crippen molar-refractivity contribution in [1.29, 1.82) is 0 Å². The van der Waals surface area contributed by atoms with E-state index < -0.39 is 29.9 Å². The van der Waals surface area contributed by atoms with Crippen molar-refractivity contribution in [2.24, 2.45) is 0 Å². The lowest BCUT2D eigenvalue weighted by atomic mass is 9.98. The van der Waals surface area contributed by atoms with E-state index in [0.29, 0.717) is 30.9 Å². The maximum Gasteiger partial charge on any atom is 0.261 e. The van der Waals surface area contributed by atoms with Gasteiger partial charge in [0.25, 0.3) is 11.8 Å². The van der Waals surface area contributed by atoms with Crippen molar-refractivity contribution in [2.45, 2.75) is 128 Å². The molecular formula is C32H51NO6S. The molecule has 8 heteroatoms. The second kappa shape index (κ2) is 18.2. The molecule has 1 aromatic carbocycles. The molecule has 0 bridgehead atoms. The van der Waals surface area contributed by atoms with Gasteiger partial charge >= 0.3 is 0 Å². The van der Waals surface area contributed by atoms with Crippen LogP contribution in [0.2, 0.25) is 0 Å². The summed E-state index contributed by atoms with van der Waals surface area (Å²) in [5.41, 5.74) is 0.298. The minimum absolute atomic E-state index is 0.0853. The van der Waals surface area contributed by atoms with Gasteiger partial charge in [-0.05, 0) is 31.4 Å². The first kappa shape index (κ1) is 33.1. The minimum atomic E-state index is -0.573. The number of thiol groups is 1. The molecule has 3 rings (SSSR count). The highest BCUT2D eigenvalue weighted by atomic mass is 32.1. The summed E-state index contributed by atoms with van der Waals surface area (Å²) < 4.78 is 25.8. The number of hydrogen-bond donors (Lipinski definition) is 1. The Labute approximate surface area is 247 Å². The second-order valence-corrected chi connectivity index (χ2v) is 11.5. The summed E-state index contributed by atoms with van der Waals surface area (Å²) in [4.78, 5) is 27.6. The van der Waals surface area contributed by atoms with E-state index in [0.717, 1.165) is 57.8 Å². The Balaban J connectivity index is 1.78.